The molecule has 1 heterocycles. The molecule has 23 heavy (non-hydrogen) atoms. The molecule has 120 valence electrons. The van der Waals surface area contributed by atoms with Gasteiger partial charge in [-0.15, -0.1) is 0 Å². The number of fused-ring (bicyclic) bond motifs is 1. The van der Waals surface area contributed by atoms with Gasteiger partial charge in [0.05, 0.1) is 21.6 Å². The van der Waals surface area contributed by atoms with E-state index in [0.29, 0.717) is 20.9 Å². The van der Waals surface area contributed by atoms with E-state index >= 15 is 0 Å². The Morgan fingerprint density at radius 2 is 1.83 bits per heavy atom. The molecule has 0 saturated carbocycles. The molecular formula is C18H19ClN2OS. The lowest BCUT2D eigenvalue weighted by molar-refractivity contribution is 0.930. The van der Waals surface area contributed by atoms with Gasteiger partial charge < -0.3 is 4.98 Å². The predicted octanol–water partition coefficient (Wildman–Crippen LogP) is 5.34. The number of H-pyrrole nitrogens is 1. The van der Waals surface area contributed by atoms with E-state index in [1.54, 1.807) is 6.07 Å². The topological polar surface area (TPSA) is 37.8 Å². The van der Waals surface area contributed by atoms with Crippen LogP contribution >= 0.6 is 23.8 Å². The van der Waals surface area contributed by atoms with Crippen LogP contribution in [0.25, 0.3) is 16.6 Å². The van der Waals surface area contributed by atoms with Gasteiger partial charge in [-0.3, -0.25) is 9.36 Å². The van der Waals surface area contributed by atoms with Crippen molar-refractivity contribution in [1.82, 2.24) is 9.55 Å². The quantitative estimate of drug-likeness (QED) is 0.603. The molecule has 3 nitrogen and oxygen atoms in total. The van der Waals surface area contributed by atoms with E-state index in [1.165, 1.54) is 4.57 Å². The lowest BCUT2D eigenvalue weighted by Crippen LogP contribution is -2.21. The summed E-state index contributed by atoms with van der Waals surface area (Å²) in [5.74, 6) is 0. The molecule has 3 rings (SSSR count). The van der Waals surface area contributed by atoms with Crippen LogP contribution in [0.4, 0.5) is 0 Å². The Labute approximate surface area is 145 Å². The maximum atomic E-state index is 12.8. The maximum absolute atomic E-state index is 12.8. The summed E-state index contributed by atoms with van der Waals surface area (Å²) < 4.78 is 1.81. The zero-order chi connectivity index (χ0) is 17.1. The van der Waals surface area contributed by atoms with Crippen molar-refractivity contribution in [2.24, 2.45) is 0 Å². The Morgan fingerprint density at radius 1 is 1.13 bits per heavy atom. The zero-order valence-corrected chi connectivity index (χ0v) is 15.2. The standard InChI is InChI=1S/C16H13ClN2OS.C2H6/c1-9-6-7-13-11(8-9)15(20)19(16(21)18-13)14-10(2)4-3-5-12(14)17;1-2/h3-8H,1-2H3,(H,18,21);1-2H3. The first-order chi connectivity index (χ1) is 11.0. The van der Waals surface area contributed by atoms with Crippen LogP contribution in [-0.4, -0.2) is 9.55 Å². The fraction of sp³-hybridized carbons (Fsp3) is 0.222. The van der Waals surface area contributed by atoms with Gasteiger partial charge in [-0.2, -0.15) is 0 Å². The minimum Gasteiger partial charge on any atom is -0.331 e. The third-order valence-corrected chi connectivity index (χ3v) is 4.06. The lowest BCUT2D eigenvalue weighted by Gasteiger charge is -2.12. The van der Waals surface area contributed by atoms with Crippen LogP contribution in [0.1, 0.15) is 25.0 Å². The summed E-state index contributed by atoms with van der Waals surface area (Å²) in [5, 5.41) is 1.10. The van der Waals surface area contributed by atoms with Gasteiger partial charge in [0.1, 0.15) is 0 Å². The first-order valence-corrected chi connectivity index (χ1v) is 8.29. The average molecular weight is 347 g/mol. The van der Waals surface area contributed by atoms with E-state index in [1.807, 2.05) is 58.0 Å². The molecule has 2 aromatic carbocycles. The molecule has 0 radical (unpaired) electrons. The number of rotatable bonds is 1. The fourth-order valence-corrected chi connectivity index (χ4v) is 3.03. The third-order valence-electron chi connectivity index (χ3n) is 3.47. The van der Waals surface area contributed by atoms with Crippen molar-refractivity contribution < 1.29 is 0 Å². The van der Waals surface area contributed by atoms with Crippen LogP contribution in [0.5, 0.6) is 0 Å². The molecule has 1 aromatic heterocycles. The van der Waals surface area contributed by atoms with Gasteiger partial charge in [-0.1, -0.05) is 49.2 Å². The normalized spacial score (nSPS) is 10.3. The summed E-state index contributed by atoms with van der Waals surface area (Å²) in [5.41, 5.74) is 3.13. The molecule has 0 bridgehead atoms. The Kier molecular flexibility index (Phi) is 5.39. The van der Waals surface area contributed by atoms with Gasteiger partial charge in [-0.05, 0) is 49.8 Å². The Hall–Kier alpha value is -1.91. The van der Waals surface area contributed by atoms with Gasteiger partial charge in [0.15, 0.2) is 4.77 Å². The number of aromatic nitrogens is 2. The summed E-state index contributed by atoms with van der Waals surface area (Å²) in [6.45, 7) is 7.86. The van der Waals surface area contributed by atoms with Gasteiger partial charge in [-0.25, -0.2) is 0 Å². The van der Waals surface area contributed by atoms with Crippen molar-refractivity contribution in [2.45, 2.75) is 27.7 Å². The smallest absolute Gasteiger partial charge is 0.266 e. The number of halogens is 1. The van der Waals surface area contributed by atoms with Crippen LogP contribution < -0.4 is 5.56 Å². The molecule has 0 spiro atoms. The lowest BCUT2D eigenvalue weighted by atomic mass is 10.1. The highest BCUT2D eigenvalue weighted by Gasteiger charge is 2.12. The predicted molar refractivity (Wildman–Crippen MR) is 101 cm³/mol. The zero-order valence-electron chi connectivity index (χ0n) is 13.6. The number of hydrogen-bond donors (Lipinski definition) is 1. The first kappa shape index (κ1) is 17.4. The van der Waals surface area contributed by atoms with Crippen molar-refractivity contribution in [3.05, 3.63) is 67.7 Å². The molecule has 1 N–H and O–H groups in total. The summed E-state index contributed by atoms with van der Waals surface area (Å²) in [6, 6.07) is 11.2. The third kappa shape index (κ3) is 3.23. The van der Waals surface area contributed by atoms with Crippen molar-refractivity contribution in [1.29, 1.82) is 0 Å². The number of nitrogens with one attached hydrogen (secondary N) is 1. The van der Waals surface area contributed by atoms with Crippen LogP contribution in [0.3, 0.4) is 0 Å². The fourth-order valence-electron chi connectivity index (χ4n) is 2.44. The maximum Gasteiger partial charge on any atom is 0.266 e. The second kappa shape index (κ2) is 7.11. The molecule has 3 aromatic rings. The van der Waals surface area contributed by atoms with Crippen molar-refractivity contribution in [3.8, 4) is 5.69 Å². The SMILES string of the molecule is CC.Cc1ccc2[nH]c(=S)n(-c3c(C)cccc3Cl)c(=O)c2c1. The molecule has 0 saturated heterocycles. The van der Waals surface area contributed by atoms with E-state index in [-0.39, 0.29) is 5.56 Å². The number of aromatic amines is 1. The number of hydrogen-bond acceptors (Lipinski definition) is 2. The number of para-hydroxylation sites is 1. The van der Waals surface area contributed by atoms with E-state index in [2.05, 4.69) is 4.98 Å². The summed E-state index contributed by atoms with van der Waals surface area (Å²) >= 11 is 11.6. The average Bonchev–Trinajstić information content (AvgIpc) is 2.53. The molecule has 5 heteroatoms. The number of benzene rings is 2. The van der Waals surface area contributed by atoms with Crippen molar-refractivity contribution in [3.63, 3.8) is 0 Å². The second-order valence-electron chi connectivity index (χ2n) is 5.03. The van der Waals surface area contributed by atoms with Crippen LogP contribution in [-0.2, 0) is 0 Å². The van der Waals surface area contributed by atoms with Gasteiger partial charge in [0, 0.05) is 0 Å². The van der Waals surface area contributed by atoms with E-state index < -0.39 is 0 Å². The Morgan fingerprint density at radius 3 is 2.48 bits per heavy atom. The highest BCUT2D eigenvalue weighted by atomic mass is 35.5. The molecule has 0 fully saturated rings. The second-order valence-corrected chi connectivity index (χ2v) is 5.82. The van der Waals surface area contributed by atoms with Crippen LogP contribution in [0.2, 0.25) is 5.02 Å². The number of aryl methyl sites for hydroxylation is 2. The van der Waals surface area contributed by atoms with Gasteiger partial charge >= 0.3 is 0 Å². The first-order valence-electron chi connectivity index (χ1n) is 7.50. The van der Waals surface area contributed by atoms with Crippen molar-refractivity contribution in [2.75, 3.05) is 0 Å². The monoisotopic (exact) mass is 346 g/mol. The van der Waals surface area contributed by atoms with Crippen LogP contribution in [0.15, 0.2) is 41.2 Å². The van der Waals surface area contributed by atoms with E-state index in [9.17, 15) is 4.79 Å². The Balaban J connectivity index is 0.000000924. The molecule has 0 aliphatic heterocycles. The summed E-state index contributed by atoms with van der Waals surface area (Å²) in [6.07, 6.45) is 0. The summed E-state index contributed by atoms with van der Waals surface area (Å²) in [7, 11) is 0. The largest absolute Gasteiger partial charge is 0.331 e. The van der Waals surface area contributed by atoms with Crippen LogP contribution in [0, 0.1) is 18.6 Å². The minimum absolute atomic E-state index is 0.159. The van der Waals surface area contributed by atoms with E-state index in [4.69, 9.17) is 23.8 Å². The van der Waals surface area contributed by atoms with Crippen molar-refractivity contribution >= 4 is 34.7 Å². The summed E-state index contributed by atoms with van der Waals surface area (Å²) in [4.78, 5) is 15.9. The molecule has 0 amide bonds. The van der Waals surface area contributed by atoms with E-state index in [0.717, 1.165) is 16.6 Å². The molecule has 0 unspecified atom stereocenters. The highest BCUT2D eigenvalue weighted by molar-refractivity contribution is 7.71. The molecule has 0 atom stereocenters. The molecule has 0 aliphatic rings. The van der Waals surface area contributed by atoms with Gasteiger partial charge in [0.2, 0.25) is 0 Å². The Bertz CT molecular complexity index is 953. The van der Waals surface area contributed by atoms with Gasteiger partial charge in [0.25, 0.3) is 5.56 Å². The molecular weight excluding hydrogens is 328 g/mol. The minimum atomic E-state index is -0.159. The highest BCUT2D eigenvalue weighted by Crippen LogP contribution is 2.23. The molecule has 0 aliphatic carbocycles. The number of nitrogens with zero attached hydrogens (tertiary/aromatic N) is 1.